The second-order valence-corrected chi connectivity index (χ2v) is 6.05. The van der Waals surface area contributed by atoms with E-state index in [1.165, 1.54) is 24.2 Å². The van der Waals surface area contributed by atoms with E-state index in [2.05, 4.69) is 0 Å². The molecule has 0 aliphatic carbocycles. The maximum Gasteiger partial charge on any atom is 0.415 e. The highest BCUT2D eigenvalue weighted by Crippen LogP contribution is 2.24. The Morgan fingerprint density at radius 2 is 1.86 bits per heavy atom. The van der Waals surface area contributed by atoms with E-state index in [1.807, 2.05) is 12.1 Å². The Hall–Kier alpha value is -3.19. The number of halogens is 1. The number of nitrogens with zero attached hydrogens (tertiary/aromatic N) is 1. The fourth-order valence-corrected chi connectivity index (χ4v) is 2.75. The lowest BCUT2D eigenvalue weighted by Crippen LogP contribution is -2.42. The van der Waals surface area contributed by atoms with Gasteiger partial charge in [0.25, 0.3) is 0 Å². The second kappa shape index (κ2) is 9.14. The smallest absolute Gasteiger partial charge is 0.415 e. The number of hydrogen-bond acceptors (Lipinski definition) is 5. The average Bonchev–Trinajstić information content (AvgIpc) is 2.74. The van der Waals surface area contributed by atoms with Gasteiger partial charge in [0.05, 0.1) is 25.9 Å². The summed E-state index contributed by atoms with van der Waals surface area (Å²) in [7, 11) is 1.53. The molecule has 0 aromatic heterocycles. The number of allylic oxidation sites excluding steroid dienone is 1. The van der Waals surface area contributed by atoms with Crippen LogP contribution in [-0.4, -0.2) is 50.2 Å². The van der Waals surface area contributed by atoms with Crippen LogP contribution >= 0.6 is 0 Å². The molecule has 0 unspecified atom stereocenters. The molecule has 28 heavy (non-hydrogen) atoms. The van der Waals surface area contributed by atoms with Crippen LogP contribution in [0.15, 0.2) is 48.5 Å². The minimum absolute atomic E-state index is 0.00701. The summed E-state index contributed by atoms with van der Waals surface area (Å²) in [5.74, 6) is -0.479. The van der Waals surface area contributed by atoms with Gasteiger partial charge in [0.2, 0.25) is 0 Å². The second-order valence-electron chi connectivity index (χ2n) is 6.05. The van der Waals surface area contributed by atoms with Crippen molar-refractivity contribution < 1.29 is 28.2 Å². The summed E-state index contributed by atoms with van der Waals surface area (Å²) in [6.07, 6.45) is 2.26. The van der Waals surface area contributed by atoms with Gasteiger partial charge in [0.15, 0.2) is 5.78 Å². The summed E-state index contributed by atoms with van der Waals surface area (Å²) in [5, 5.41) is 0. The largest absolute Gasteiger partial charge is 0.496 e. The first kappa shape index (κ1) is 19.6. The number of methoxy groups -OCH3 is 1. The molecule has 2 aromatic carbocycles. The van der Waals surface area contributed by atoms with E-state index in [0.29, 0.717) is 37.6 Å². The van der Waals surface area contributed by atoms with E-state index < -0.39 is 17.7 Å². The number of benzene rings is 2. The summed E-state index contributed by atoms with van der Waals surface area (Å²) >= 11 is 0. The maximum atomic E-state index is 13.7. The monoisotopic (exact) mass is 385 g/mol. The van der Waals surface area contributed by atoms with Crippen molar-refractivity contribution in [1.29, 1.82) is 0 Å². The van der Waals surface area contributed by atoms with E-state index >= 15 is 0 Å². The zero-order chi connectivity index (χ0) is 19.9. The lowest BCUT2D eigenvalue weighted by Gasteiger charge is -2.26. The molecule has 1 heterocycles. The van der Waals surface area contributed by atoms with E-state index in [1.54, 1.807) is 18.2 Å². The Labute approximate surface area is 162 Å². The third kappa shape index (κ3) is 4.75. The summed E-state index contributed by atoms with van der Waals surface area (Å²) < 4.78 is 29.5. The number of morpholine rings is 1. The fraction of sp³-hybridized carbons (Fsp3) is 0.238. The van der Waals surface area contributed by atoms with Crippen molar-refractivity contribution in [2.24, 2.45) is 0 Å². The molecule has 0 spiro atoms. The Balaban J connectivity index is 1.80. The quantitative estimate of drug-likeness (QED) is 0.582. The third-order valence-corrected chi connectivity index (χ3v) is 4.23. The number of ketones is 1. The number of rotatable bonds is 5. The lowest BCUT2D eigenvalue weighted by molar-refractivity contribution is 0.0415. The molecule has 1 saturated heterocycles. The predicted octanol–water partition coefficient (Wildman–Crippen LogP) is 3.56. The number of para-hydroxylation sites is 1. The van der Waals surface area contributed by atoms with Gasteiger partial charge < -0.3 is 19.1 Å². The van der Waals surface area contributed by atoms with Crippen molar-refractivity contribution in [2.45, 2.75) is 0 Å². The molecule has 1 aliphatic rings. The highest BCUT2D eigenvalue weighted by Gasteiger charge is 2.21. The Morgan fingerprint density at radius 1 is 1.11 bits per heavy atom. The van der Waals surface area contributed by atoms with Crippen LogP contribution in [0.2, 0.25) is 0 Å². The molecule has 6 nitrogen and oxygen atoms in total. The normalized spacial score (nSPS) is 14.1. The average molecular weight is 385 g/mol. The highest BCUT2D eigenvalue weighted by molar-refractivity contribution is 6.09. The molecule has 0 radical (unpaired) electrons. The number of ether oxygens (including phenoxy) is 3. The molecule has 146 valence electrons. The van der Waals surface area contributed by atoms with Gasteiger partial charge in [-0.05, 0) is 36.4 Å². The number of carbonyl (C=O) groups excluding carboxylic acids is 2. The van der Waals surface area contributed by atoms with Crippen molar-refractivity contribution >= 4 is 18.0 Å². The predicted molar refractivity (Wildman–Crippen MR) is 101 cm³/mol. The zero-order valence-electron chi connectivity index (χ0n) is 15.4. The molecule has 0 bridgehead atoms. The minimum atomic E-state index is -0.599. The molecule has 1 amide bonds. The van der Waals surface area contributed by atoms with Gasteiger partial charge in [-0.2, -0.15) is 0 Å². The van der Waals surface area contributed by atoms with Crippen molar-refractivity contribution in [1.82, 2.24) is 4.90 Å². The topological polar surface area (TPSA) is 65.1 Å². The molecule has 3 rings (SSSR count). The summed E-state index contributed by atoms with van der Waals surface area (Å²) in [5.41, 5.74) is 0.661. The van der Waals surface area contributed by atoms with Gasteiger partial charge in [-0.1, -0.05) is 18.2 Å². The Kier molecular flexibility index (Phi) is 6.39. The van der Waals surface area contributed by atoms with Crippen molar-refractivity contribution in [3.8, 4) is 11.5 Å². The molecule has 0 atom stereocenters. The van der Waals surface area contributed by atoms with Crippen LogP contribution in [0.25, 0.3) is 6.08 Å². The van der Waals surface area contributed by atoms with E-state index in [9.17, 15) is 14.0 Å². The molecular weight excluding hydrogens is 365 g/mol. The highest BCUT2D eigenvalue weighted by atomic mass is 19.1. The molecule has 1 aliphatic heterocycles. The van der Waals surface area contributed by atoms with Crippen LogP contribution in [0.1, 0.15) is 15.9 Å². The standard InChI is InChI=1S/C21H20FNO5/c1-26-19-5-3-2-4-15(19)6-8-18(24)17-14-16(22)7-9-20(17)28-21(25)23-10-12-27-13-11-23/h2-9,14H,10-13H2,1H3/b8-6+. The fourth-order valence-electron chi connectivity index (χ4n) is 2.75. The van der Waals surface area contributed by atoms with Gasteiger partial charge in [-0.3, -0.25) is 4.79 Å². The Bertz CT molecular complexity index is 890. The van der Waals surface area contributed by atoms with Gasteiger partial charge in [0, 0.05) is 18.7 Å². The summed E-state index contributed by atoms with van der Waals surface area (Å²) in [6, 6.07) is 10.6. The first-order valence-corrected chi connectivity index (χ1v) is 8.78. The maximum absolute atomic E-state index is 13.7. The minimum Gasteiger partial charge on any atom is -0.496 e. The SMILES string of the molecule is COc1ccccc1/C=C/C(=O)c1cc(F)ccc1OC(=O)N1CCOCC1. The van der Waals surface area contributed by atoms with Crippen LogP contribution in [0.4, 0.5) is 9.18 Å². The van der Waals surface area contributed by atoms with E-state index in [-0.39, 0.29) is 11.3 Å². The number of amides is 1. The van der Waals surface area contributed by atoms with Crippen molar-refractivity contribution in [2.75, 3.05) is 33.4 Å². The van der Waals surface area contributed by atoms with Crippen LogP contribution < -0.4 is 9.47 Å². The van der Waals surface area contributed by atoms with Crippen molar-refractivity contribution in [3.63, 3.8) is 0 Å². The van der Waals surface area contributed by atoms with Gasteiger partial charge >= 0.3 is 6.09 Å². The summed E-state index contributed by atoms with van der Waals surface area (Å²) in [6.45, 7) is 1.64. The van der Waals surface area contributed by atoms with Gasteiger partial charge in [0.1, 0.15) is 17.3 Å². The van der Waals surface area contributed by atoms with Crippen LogP contribution in [0, 0.1) is 5.82 Å². The van der Waals surface area contributed by atoms with Gasteiger partial charge in [-0.15, -0.1) is 0 Å². The first-order valence-electron chi connectivity index (χ1n) is 8.78. The third-order valence-electron chi connectivity index (χ3n) is 4.23. The van der Waals surface area contributed by atoms with E-state index in [4.69, 9.17) is 14.2 Å². The first-order chi connectivity index (χ1) is 13.6. The van der Waals surface area contributed by atoms with Gasteiger partial charge in [-0.25, -0.2) is 9.18 Å². The molecule has 2 aromatic rings. The van der Waals surface area contributed by atoms with Crippen LogP contribution in [-0.2, 0) is 4.74 Å². The van der Waals surface area contributed by atoms with Crippen molar-refractivity contribution in [3.05, 3.63) is 65.5 Å². The molecule has 1 fully saturated rings. The molecular formula is C21H20FNO5. The molecule has 0 N–H and O–H groups in total. The number of carbonyl (C=O) groups is 2. The van der Waals surface area contributed by atoms with E-state index in [0.717, 1.165) is 12.1 Å². The lowest BCUT2D eigenvalue weighted by atomic mass is 10.1. The molecule has 7 heteroatoms. The number of hydrogen-bond donors (Lipinski definition) is 0. The van der Waals surface area contributed by atoms with Crippen LogP contribution in [0.3, 0.4) is 0 Å². The summed E-state index contributed by atoms with van der Waals surface area (Å²) in [4.78, 5) is 26.4. The van der Waals surface area contributed by atoms with Crippen LogP contribution in [0.5, 0.6) is 11.5 Å². The Morgan fingerprint density at radius 3 is 2.61 bits per heavy atom. The zero-order valence-corrected chi connectivity index (χ0v) is 15.4. The molecule has 0 saturated carbocycles.